The largest absolute Gasteiger partial charge is 0.359 e. The molecule has 0 aromatic heterocycles. The van der Waals surface area contributed by atoms with Crippen molar-refractivity contribution < 1.29 is 9.53 Å². The Hall–Kier alpha value is -0.570. The molecule has 0 bridgehead atoms. The summed E-state index contributed by atoms with van der Waals surface area (Å²) in [4.78, 5) is 10.9. The van der Waals surface area contributed by atoms with Gasteiger partial charge in [0.05, 0.1) is 0 Å². The Morgan fingerprint density at radius 2 is 2.17 bits per heavy atom. The Labute approximate surface area is 74.5 Å². The number of amides is 1. The molecule has 0 aliphatic heterocycles. The number of hydrogen-bond acceptors (Lipinski definition) is 2. The van der Waals surface area contributed by atoms with E-state index in [0.29, 0.717) is 6.42 Å². The highest BCUT2D eigenvalue weighted by Crippen LogP contribution is 1.92. The Morgan fingerprint density at radius 3 is 2.67 bits per heavy atom. The van der Waals surface area contributed by atoms with E-state index < -0.39 is 0 Å². The summed E-state index contributed by atoms with van der Waals surface area (Å²) in [7, 11) is 0. The first kappa shape index (κ1) is 11.4. The number of hydrogen-bond donors (Lipinski definition) is 1. The molecule has 1 N–H and O–H groups in total. The van der Waals surface area contributed by atoms with Gasteiger partial charge in [0, 0.05) is 13.0 Å². The summed E-state index contributed by atoms with van der Waals surface area (Å²) in [6.07, 6.45) is 2.53. The molecule has 3 heteroatoms. The van der Waals surface area contributed by atoms with E-state index in [4.69, 9.17) is 4.74 Å². The molecule has 0 aromatic carbocycles. The Balaban J connectivity index is 3.32. The predicted octanol–water partition coefficient (Wildman–Crippen LogP) is 1.68. The Morgan fingerprint density at radius 1 is 1.50 bits per heavy atom. The van der Waals surface area contributed by atoms with Crippen molar-refractivity contribution in [1.29, 1.82) is 0 Å². The SMILES string of the molecule is CCCCOC(C)NC(=O)CC. The highest BCUT2D eigenvalue weighted by Gasteiger charge is 2.03. The highest BCUT2D eigenvalue weighted by molar-refractivity contribution is 5.75. The molecule has 0 saturated carbocycles. The summed E-state index contributed by atoms with van der Waals surface area (Å²) in [5.41, 5.74) is 0. The van der Waals surface area contributed by atoms with Crippen LogP contribution in [0.15, 0.2) is 0 Å². The van der Waals surface area contributed by atoms with Gasteiger partial charge in [0.2, 0.25) is 5.91 Å². The van der Waals surface area contributed by atoms with Gasteiger partial charge in [-0.15, -0.1) is 0 Å². The number of rotatable bonds is 6. The van der Waals surface area contributed by atoms with Gasteiger partial charge in [-0.2, -0.15) is 0 Å². The standard InChI is InChI=1S/C9H19NO2/c1-4-6-7-12-8(3)10-9(11)5-2/h8H,4-7H2,1-3H3,(H,10,11). The van der Waals surface area contributed by atoms with Crippen LogP contribution < -0.4 is 5.32 Å². The second-order valence-electron chi connectivity index (χ2n) is 2.79. The predicted molar refractivity (Wildman–Crippen MR) is 48.8 cm³/mol. The molecule has 12 heavy (non-hydrogen) atoms. The molecule has 0 fully saturated rings. The van der Waals surface area contributed by atoms with Crippen molar-refractivity contribution in [1.82, 2.24) is 5.32 Å². The van der Waals surface area contributed by atoms with Crippen molar-refractivity contribution in [3.05, 3.63) is 0 Å². The van der Waals surface area contributed by atoms with E-state index in [2.05, 4.69) is 12.2 Å². The molecule has 0 radical (unpaired) electrons. The quantitative estimate of drug-likeness (QED) is 0.490. The van der Waals surface area contributed by atoms with Gasteiger partial charge in [0.25, 0.3) is 0 Å². The summed E-state index contributed by atoms with van der Waals surface area (Å²) >= 11 is 0. The second-order valence-corrected chi connectivity index (χ2v) is 2.79. The fourth-order valence-electron chi connectivity index (χ4n) is 0.775. The first-order valence-electron chi connectivity index (χ1n) is 4.61. The molecule has 1 atom stereocenters. The monoisotopic (exact) mass is 173 g/mol. The van der Waals surface area contributed by atoms with Crippen LogP contribution in [0, 0.1) is 0 Å². The van der Waals surface area contributed by atoms with Crippen molar-refractivity contribution in [2.75, 3.05) is 6.61 Å². The third-order valence-corrected chi connectivity index (χ3v) is 1.55. The number of unbranched alkanes of at least 4 members (excludes halogenated alkanes) is 1. The highest BCUT2D eigenvalue weighted by atomic mass is 16.5. The van der Waals surface area contributed by atoms with Crippen molar-refractivity contribution in [2.24, 2.45) is 0 Å². The smallest absolute Gasteiger partial charge is 0.221 e. The van der Waals surface area contributed by atoms with E-state index in [9.17, 15) is 4.79 Å². The maximum absolute atomic E-state index is 10.9. The molecule has 0 aromatic rings. The zero-order valence-electron chi connectivity index (χ0n) is 8.22. The topological polar surface area (TPSA) is 38.3 Å². The summed E-state index contributed by atoms with van der Waals surface area (Å²) in [6, 6.07) is 0. The average Bonchev–Trinajstić information content (AvgIpc) is 2.05. The van der Waals surface area contributed by atoms with Crippen LogP contribution in [0.5, 0.6) is 0 Å². The second kappa shape index (κ2) is 7.10. The van der Waals surface area contributed by atoms with Crippen molar-refractivity contribution in [2.45, 2.75) is 46.3 Å². The van der Waals surface area contributed by atoms with E-state index in [1.165, 1.54) is 0 Å². The molecule has 1 amide bonds. The van der Waals surface area contributed by atoms with Gasteiger partial charge in [0.15, 0.2) is 0 Å². The molecular formula is C9H19NO2. The first-order valence-corrected chi connectivity index (χ1v) is 4.61. The molecule has 3 nitrogen and oxygen atoms in total. The molecule has 0 saturated heterocycles. The lowest BCUT2D eigenvalue weighted by Gasteiger charge is -2.13. The molecule has 0 aliphatic carbocycles. The molecule has 0 heterocycles. The minimum absolute atomic E-state index is 0.0407. The molecule has 0 aliphatic rings. The van der Waals surface area contributed by atoms with Crippen LogP contribution in [0.25, 0.3) is 0 Å². The van der Waals surface area contributed by atoms with Crippen molar-refractivity contribution in [3.63, 3.8) is 0 Å². The van der Waals surface area contributed by atoms with Gasteiger partial charge in [0.1, 0.15) is 6.23 Å². The summed E-state index contributed by atoms with van der Waals surface area (Å²) in [6.45, 7) is 6.51. The fraction of sp³-hybridized carbons (Fsp3) is 0.889. The summed E-state index contributed by atoms with van der Waals surface area (Å²) in [5.74, 6) is 0.0407. The molecular weight excluding hydrogens is 154 g/mol. The van der Waals surface area contributed by atoms with E-state index in [1.807, 2.05) is 13.8 Å². The van der Waals surface area contributed by atoms with Crippen molar-refractivity contribution >= 4 is 5.91 Å². The van der Waals surface area contributed by atoms with Crippen LogP contribution in [0.1, 0.15) is 40.0 Å². The third-order valence-electron chi connectivity index (χ3n) is 1.55. The molecule has 72 valence electrons. The zero-order chi connectivity index (χ0) is 9.40. The lowest BCUT2D eigenvalue weighted by Crippen LogP contribution is -2.34. The van der Waals surface area contributed by atoms with Crippen LogP contribution in [0.2, 0.25) is 0 Å². The zero-order valence-corrected chi connectivity index (χ0v) is 8.22. The minimum Gasteiger partial charge on any atom is -0.359 e. The van der Waals surface area contributed by atoms with Crippen LogP contribution in [-0.4, -0.2) is 18.7 Å². The van der Waals surface area contributed by atoms with Gasteiger partial charge in [-0.1, -0.05) is 20.3 Å². The fourth-order valence-corrected chi connectivity index (χ4v) is 0.775. The maximum Gasteiger partial charge on any atom is 0.221 e. The van der Waals surface area contributed by atoms with Crippen molar-refractivity contribution in [3.8, 4) is 0 Å². The van der Waals surface area contributed by atoms with E-state index >= 15 is 0 Å². The number of nitrogens with one attached hydrogen (secondary N) is 1. The minimum atomic E-state index is -0.149. The molecule has 0 spiro atoms. The van der Waals surface area contributed by atoms with Gasteiger partial charge < -0.3 is 10.1 Å². The van der Waals surface area contributed by atoms with Crippen LogP contribution in [0.4, 0.5) is 0 Å². The number of carbonyl (C=O) groups is 1. The van der Waals surface area contributed by atoms with Gasteiger partial charge in [-0.25, -0.2) is 0 Å². The normalized spacial score (nSPS) is 12.6. The third kappa shape index (κ3) is 6.16. The number of carbonyl (C=O) groups excluding carboxylic acids is 1. The van der Waals surface area contributed by atoms with Crippen LogP contribution in [-0.2, 0) is 9.53 Å². The number of ether oxygens (including phenoxy) is 1. The lowest BCUT2D eigenvalue weighted by molar-refractivity contribution is -0.124. The molecule has 0 rings (SSSR count). The average molecular weight is 173 g/mol. The van der Waals surface area contributed by atoms with Gasteiger partial charge >= 0.3 is 0 Å². The van der Waals surface area contributed by atoms with Crippen LogP contribution in [0.3, 0.4) is 0 Å². The van der Waals surface area contributed by atoms with Gasteiger partial charge in [-0.3, -0.25) is 4.79 Å². The molecule has 1 unspecified atom stereocenters. The Bertz CT molecular complexity index is 126. The van der Waals surface area contributed by atoms with Crippen LogP contribution >= 0.6 is 0 Å². The van der Waals surface area contributed by atoms with E-state index in [1.54, 1.807) is 0 Å². The van der Waals surface area contributed by atoms with E-state index in [0.717, 1.165) is 19.4 Å². The van der Waals surface area contributed by atoms with E-state index in [-0.39, 0.29) is 12.1 Å². The Kier molecular flexibility index (Phi) is 6.76. The van der Waals surface area contributed by atoms with Gasteiger partial charge in [-0.05, 0) is 13.3 Å². The first-order chi connectivity index (χ1) is 5.70. The lowest BCUT2D eigenvalue weighted by atomic mass is 10.4. The maximum atomic E-state index is 10.9. The summed E-state index contributed by atoms with van der Waals surface area (Å²) < 4.78 is 5.32. The summed E-state index contributed by atoms with van der Waals surface area (Å²) in [5, 5.41) is 2.73.